The summed E-state index contributed by atoms with van der Waals surface area (Å²) < 4.78 is 7.25. The van der Waals surface area contributed by atoms with Gasteiger partial charge in [0.05, 0.1) is 12.7 Å². The largest absolute Gasteiger partial charge is 0.465 e. The monoisotopic (exact) mass is 350 g/mol. The summed E-state index contributed by atoms with van der Waals surface area (Å²) in [6.45, 7) is 0.683. The van der Waals surface area contributed by atoms with Gasteiger partial charge in [0.25, 0.3) is 0 Å². The van der Waals surface area contributed by atoms with Crippen LogP contribution in [0.4, 0.5) is 0 Å². The lowest BCUT2D eigenvalue weighted by Gasteiger charge is -2.56. The summed E-state index contributed by atoms with van der Waals surface area (Å²) >= 11 is 0. The zero-order valence-corrected chi connectivity index (χ0v) is 15.4. The third-order valence-corrected chi connectivity index (χ3v) is 6.99. The molecule has 1 aromatic heterocycles. The van der Waals surface area contributed by atoms with Crippen molar-refractivity contribution >= 4 is 5.97 Å². The third kappa shape index (κ3) is 2.50. The molecular weight excluding hydrogens is 324 g/mol. The molecule has 4 saturated carbocycles. The lowest BCUT2D eigenvalue weighted by Crippen LogP contribution is -2.49. The van der Waals surface area contributed by atoms with E-state index in [4.69, 9.17) is 9.72 Å². The zero-order chi connectivity index (χ0) is 17.7. The molecule has 136 valence electrons. The van der Waals surface area contributed by atoms with E-state index in [1.807, 2.05) is 30.5 Å². The van der Waals surface area contributed by atoms with Gasteiger partial charge < -0.3 is 9.30 Å². The van der Waals surface area contributed by atoms with Crippen LogP contribution in [0.3, 0.4) is 0 Å². The van der Waals surface area contributed by atoms with Crippen molar-refractivity contribution < 1.29 is 9.53 Å². The van der Waals surface area contributed by atoms with Gasteiger partial charge in [-0.25, -0.2) is 9.78 Å². The summed E-state index contributed by atoms with van der Waals surface area (Å²) in [5.41, 5.74) is 1.92. The van der Waals surface area contributed by atoms with Crippen LogP contribution < -0.4 is 0 Å². The fraction of sp³-hybridized carbons (Fsp3) is 0.545. The van der Waals surface area contributed by atoms with Gasteiger partial charge in [-0.05, 0) is 67.9 Å². The number of benzene rings is 1. The summed E-state index contributed by atoms with van der Waals surface area (Å²) in [4.78, 5) is 17.0. The second-order valence-corrected chi connectivity index (χ2v) is 8.73. The van der Waals surface area contributed by atoms with Crippen molar-refractivity contribution in [2.75, 3.05) is 7.11 Å². The lowest BCUT2D eigenvalue weighted by molar-refractivity contribution is -0.0108. The first kappa shape index (κ1) is 16.1. The number of nitrogens with zero attached hydrogens (tertiary/aromatic N) is 2. The maximum atomic E-state index is 12.1. The Morgan fingerprint density at radius 1 is 1.15 bits per heavy atom. The minimum atomic E-state index is -0.267. The Morgan fingerprint density at radius 2 is 1.81 bits per heavy atom. The molecule has 2 aromatic rings. The Labute approximate surface area is 154 Å². The van der Waals surface area contributed by atoms with E-state index in [0.717, 1.165) is 23.3 Å². The second kappa shape index (κ2) is 5.97. The maximum Gasteiger partial charge on any atom is 0.338 e. The van der Waals surface area contributed by atoms with Crippen LogP contribution in [-0.4, -0.2) is 22.6 Å². The Morgan fingerprint density at radius 3 is 2.46 bits per heavy atom. The molecule has 0 radical (unpaired) electrons. The van der Waals surface area contributed by atoms with E-state index in [1.54, 1.807) is 0 Å². The predicted molar refractivity (Wildman–Crippen MR) is 99.0 cm³/mol. The van der Waals surface area contributed by atoms with Crippen molar-refractivity contribution in [2.24, 2.45) is 17.8 Å². The quantitative estimate of drug-likeness (QED) is 0.777. The molecule has 0 saturated heterocycles. The number of carbonyl (C=O) groups is 1. The molecule has 4 aliphatic carbocycles. The van der Waals surface area contributed by atoms with Crippen LogP contribution in [-0.2, 0) is 16.7 Å². The number of hydrogen-bond donors (Lipinski definition) is 0. The van der Waals surface area contributed by atoms with Crippen molar-refractivity contribution in [1.29, 1.82) is 0 Å². The van der Waals surface area contributed by atoms with Gasteiger partial charge in [-0.2, -0.15) is 0 Å². The SMILES string of the molecule is COC(=O)c1ccccc1Cn1ccnc1C12CC3CC(CC(C3)C1)C2. The van der Waals surface area contributed by atoms with E-state index in [0.29, 0.717) is 12.1 Å². The maximum absolute atomic E-state index is 12.1. The minimum absolute atomic E-state index is 0.262. The number of methoxy groups -OCH3 is 1. The van der Waals surface area contributed by atoms with Gasteiger partial charge in [-0.1, -0.05) is 18.2 Å². The summed E-state index contributed by atoms with van der Waals surface area (Å²) in [5.74, 6) is 3.67. The number of ether oxygens (including phenoxy) is 1. The Balaban J connectivity index is 1.49. The van der Waals surface area contributed by atoms with Gasteiger partial charge in [0.15, 0.2) is 0 Å². The number of rotatable bonds is 4. The van der Waals surface area contributed by atoms with Crippen molar-refractivity contribution in [3.8, 4) is 0 Å². The fourth-order valence-electron chi connectivity index (χ4n) is 6.43. The van der Waals surface area contributed by atoms with Crippen LogP contribution in [0.25, 0.3) is 0 Å². The molecule has 1 aromatic carbocycles. The Kier molecular flexibility index (Phi) is 3.70. The van der Waals surface area contributed by atoms with Crippen molar-refractivity contribution in [1.82, 2.24) is 9.55 Å². The number of aromatic nitrogens is 2. The molecule has 0 unspecified atom stereocenters. The van der Waals surface area contributed by atoms with Crippen molar-refractivity contribution in [3.63, 3.8) is 0 Å². The molecule has 4 heteroatoms. The number of hydrogen-bond acceptors (Lipinski definition) is 3. The Bertz CT molecular complexity index is 803. The van der Waals surface area contributed by atoms with Gasteiger partial charge in [-0.3, -0.25) is 0 Å². The molecule has 4 fully saturated rings. The summed E-state index contributed by atoms with van der Waals surface area (Å²) in [5, 5.41) is 0. The molecule has 0 atom stereocenters. The first-order valence-electron chi connectivity index (χ1n) is 9.85. The molecule has 0 N–H and O–H groups in total. The van der Waals surface area contributed by atoms with Gasteiger partial charge in [0.1, 0.15) is 5.82 Å². The van der Waals surface area contributed by atoms with E-state index in [-0.39, 0.29) is 11.4 Å². The predicted octanol–water partition coefficient (Wildman–Crippen LogP) is 4.19. The van der Waals surface area contributed by atoms with Gasteiger partial charge in [0, 0.05) is 24.4 Å². The summed E-state index contributed by atoms with van der Waals surface area (Å²) in [6.07, 6.45) is 12.2. The molecule has 4 bridgehead atoms. The van der Waals surface area contributed by atoms with Crippen molar-refractivity contribution in [2.45, 2.75) is 50.5 Å². The lowest BCUT2D eigenvalue weighted by atomic mass is 9.49. The van der Waals surface area contributed by atoms with Crippen molar-refractivity contribution in [3.05, 3.63) is 53.6 Å². The highest BCUT2D eigenvalue weighted by molar-refractivity contribution is 5.90. The topological polar surface area (TPSA) is 44.1 Å². The van der Waals surface area contributed by atoms with E-state index in [1.165, 1.54) is 51.5 Å². The third-order valence-electron chi connectivity index (χ3n) is 6.99. The van der Waals surface area contributed by atoms with Crippen LogP contribution in [0.1, 0.15) is 60.3 Å². The average molecular weight is 350 g/mol. The highest BCUT2D eigenvalue weighted by Gasteiger charge is 2.53. The van der Waals surface area contributed by atoms with Crippen LogP contribution in [0.2, 0.25) is 0 Å². The normalized spacial score (nSPS) is 32.0. The van der Waals surface area contributed by atoms with E-state index < -0.39 is 0 Å². The second-order valence-electron chi connectivity index (χ2n) is 8.73. The molecular formula is C22H26N2O2. The number of esters is 1. The zero-order valence-electron chi connectivity index (χ0n) is 15.4. The number of carbonyl (C=O) groups excluding carboxylic acids is 1. The highest BCUT2D eigenvalue weighted by Crippen LogP contribution is 2.60. The van der Waals surface area contributed by atoms with E-state index in [9.17, 15) is 4.79 Å². The molecule has 26 heavy (non-hydrogen) atoms. The Hall–Kier alpha value is -2.10. The smallest absolute Gasteiger partial charge is 0.338 e. The number of imidazole rings is 1. The molecule has 4 nitrogen and oxygen atoms in total. The highest BCUT2D eigenvalue weighted by atomic mass is 16.5. The van der Waals surface area contributed by atoms with Crippen LogP contribution in [0.5, 0.6) is 0 Å². The van der Waals surface area contributed by atoms with Gasteiger partial charge in [-0.15, -0.1) is 0 Å². The van der Waals surface area contributed by atoms with Gasteiger partial charge >= 0.3 is 5.97 Å². The van der Waals surface area contributed by atoms with Crippen LogP contribution in [0.15, 0.2) is 36.7 Å². The first-order valence-corrected chi connectivity index (χ1v) is 9.85. The standard InChI is InChI=1S/C22H26N2O2/c1-26-20(25)19-5-3-2-4-18(19)14-24-7-6-23-21(24)22-11-15-8-16(12-22)10-17(9-15)13-22/h2-7,15-17H,8-14H2,1H3. The summed E-state index contributed by atoms with van der Waals surface area (Å²) in [6, 6.07) is 7.75. The molecule has 1 heterocycles. The molecule has 0 aliphatic heterocycles. The first-order chi connectivity index (χ1) is 12.7. The molecule has 0 spiro atoms. The van der Waals surface area contributed by atoms with Crippen LogP contribution in [0, 0.1) is 17.8 Å². The molecule has 4 aliphatic rings. The van der Waals surface area contributed by atoms with E-state index >= 15 is 0 Å². The molecule has 6 rings (SSSR count). The fourth-order valence-corrected chi connectivity index (χ4v) is 6.43. The van der Waals surface area contributed by atoms with E-state index in [2.05, 4.69) is 10.8 Å². The van der Waals surface area contributed by atoms with Crippen LogP contribution >= 0.6 is 0 Å². The minimum Gasteiger partial charge on any atom is -0.465 e. The summed E-state index contributed by atoms with van der Waals surface area (Å²) in [7, 11) is 1.44. The molecule has 0 amide bonds. The van der Waals surface area contributed by atoms with Gasteiger partial charge in [0.2, 0.25) is 0 Å². The average Bonchev–Trinajstić information content (AvgIpc) is 3.09.